The van der Waals surface area contributed by atoms with Gasteiger partial charge >= 0.3 is 0 Å². The zero-order chi connectivity index (χ0) is 20.9. The van der Waals surface area contributed by atoms with Crippen LogP contribution in [0.4, 0.5) is 5.95 Å². The third-order valence-corrected chi connectivity index (χ3v) is 6.39. The van der Waals surface area contributed by atoms with Gasteiger partial charge in [0.25, 0.3) is 5.95 Å². The van der Waals surface area contributed by atoms with Crippen molar-refractivity contribution in [1.29, 1.82) is 0 Å². The summed E-state index contributed by atoms with van der Waals surface area (Å²) in [5.41, 5.74) is 0.848. The third-order valence-electron chi connectivity index (χ3n) is 6.14. The summed E-state index contributed by atoms with van der Waals surface area (Å²) < 4.78 is 5.89. The van der Waals surface area contributed by atoms with Crippen LogP contribution >= 0.6 is 11.6 Å². The molecule has 160 valence electrons. The van der Waals surface area contributed by atoms with Crippen LogP contribution in [0.25, 0.3) is 0 Å². The normalized spacial score (nSPS) is 24.1. The van der Waals surface area contributed by atoms with Gasteiger partial charge in [-0.05, 0) is 63.2 Å². The molecule has 0 bridgehead atoms. The molecule has 2 fully saturated rings. The van der Waals surface area contributed by atoms with Gasteiger partial charge in [0.1, 0.15) is 0 Å². The quantitative estimate of drug-likeness (QED) is 0.610. The Balaban J connectivity index is 1.14. The van der Waals surface area contributed by atoms with Crippen LogP contribution in [-0.2, 0) is 0 Å². The molecule has 0 N–H and O–H groups in total. The van der Waals surface area contributed by atoms with Crippen molar-refractivity contribution < 1.29 is 4.74 Å². The number of guanidine groups is 1. The lowest BCUT2D eigenvalue weighted by Crippen LogP contribution is -2.37. The predicted octanol–water partition coefficient (Wildman–Crippen LogP) is 4.19. The molecule has 2 unspecified atom stereocenters. The molecule has 1 aromatic heterocycles. The van der Waals surface area contributed by atoms with E-state index in [1.54, 1.807) is 6.21 Å². The van der Waals surface area contributed by atoms with Gasteiger partial charge in [-0.2, -0.15) is 4.98 Å². The predicted molar refractivity (Wildman–Crippen MR) is 121 cm³/mol. The monoisotopic (exact) mass is 428 g/mol. The zero-order valence-corrected chi connectivity index (χ0v) is 18.3. The summed E-state index contributed by atoms with van der Waals surface area (Å²) in [5, 5.41) is 0.666. The molecule has 0 amide bonds. The summed E-state index contributed by atoms with van der Waals surface area (Å²) in [6.45, 7) is 8.79. The average Bonchev–Trinajstić information content (AvgIpc) is 3.54. The summed E-state index contributed by atoms with van der Waals surface area (Å²) in [4.78, 5) is 23.5. The van der Waals surface area contributed by atoms with Gasteiger partial charge in [0.2, 0.25) is 11.8 Å². The Kier molecular flexibility index (Phi) is 6.77. The molecule has 2 aliphatic heterocycles. The molecule has 30 heavy (non-hydrogen) atoms. The Labute approximate surface area is 183 Å². The molecule has 0 spiro atoms. The van der Waals surface area contributed by atoms with Crippen LogP contribution in [0.1, 0.15) is 37.8 Å². The lowest BCUT2D eigenvalue weighted by molar-refractivity contribution is 0.243. The van der Waals surface area contributed by atoms with Gasteiger partial charge in [0, 0.05) is 31.1 Å². The Hall–Kier alpha value is -2.28. The number of nitrogens with zero attached hydrogens (tertiary/aromatic N) is 6. The Bertz CT molecular complexity index is 859. The molecular formula is C22H29ClN6O. The van der Waals surface area contributed by atoms with E-state index in [9.17, 15) is 0 Å². The minimum Gasteiger partial charge on any atom is -0.477 e. The summed E-state index contributed by atoms with van der Waals surface area (Å²) in [6.07, 6.45) is 9.86. The van der Waals surface area contributed by atoms with Gasteiger partial charge in [-0.25, -0.2) is 20.0 Å². The molecule has 0 aromatic carbocycles. The maximum Gasteiger partial charge on any atom is 0.252 e. The SMILES string of the molecule is C=Nc1nc(C)cc(OCC2CC2CCC2CCN(C3=NCC=C(Cl)C=N3)CC2)n1. The number of halogens is 1. The summed E-state index contributed by atoms with van der Waals surface area (Å²) in [7, 11) is 0. The minimum atomic E-state index is 0.378. The van der Waals surface area contributed by atoms with Crippen molar-refractivity contribution in [3.8, 4) is 5.88 Å². The second-order valence-electron chi connectivity index (χ2n) is 8.37. The van der Waals surface area contributed by atoms with Crippen LogP contribution in [-0.4, -0.2) is 60.0 Å². The Morgan fingerprint density at radius 3 is 2.87 bits per heavy atom. The first-order chi connectivity index (χ1) is 14.6. The number of piperidine rings is 1. The second-order valence-corrected chi connectivity index (χ2v) is 8.80. The number of ether oxygens (including phenoxy) is 1. The number of hydrogen-bond donors (Lipinski definition) is 0. The van der Waals surface area contributed by atoms with Crippen LogP contribution in [0.2, 0.25) is 0 Å². The van der Waals surface area contributed by atoms with Crippen LogP contribution in [0, 0.1) is 24.7 Å². The highest BCUT2D eigenvalue weighted by Gasteiger charge is 2.37. The lowest BCUT2D eigenvalue weighted by atomic mass is 9.91. The molecule has 3 heterocycles. The fourth-order valence-electron chi connectivity index (χ4n) is 4.21. The first-order valence-corrected chi connectivity index (χ1v) is 11.1. The highest BCUT2D eigenvalue weighted by atomic mass is 35.5. The molecule has 1 saturated carbocycles. The van der Waals surface area contributed by atoms with E-state index in [1.807, 2.05) is 19.1 Å². The van der Waals surface area contributed by atoms with Crippen molar-refractivity contribution in [3.63, 3.8) is 0 Å². The van der Waals surface area contributed by atoms with Crippen molar-refractivity contribution in [3.05, 3.63) is 22.9 Å². The van der Waals surface area contributed by atoms with E-state index in [4.69, 9.17) is 16.3 Å². The van der Waals surface area contributed by atoms with Crippen LogP contribution in [0.5, 0.6) is 5.88 Å². The van der Waals surface area contributed by atoms with E-state index in [1.165, 1.54) is 32.1 Å². The highest BCUT2D eigenvalue weighted by molar-refractivity contribution is 6.39. The van der Waals surface area contributed by atoms with E-state index < -0.39 is 0 Å². The van der Waals surface area contributed by atoms with E-state index in [0.29, 0.717) is 29.3 Å². The van der Waals surface area contributed by atoms with Gasteiger partial charge < -0.3 is 9.64 Å². The van der Waals surface area contributed by atoms with E-state index in [2.05, 4.69) is 36.6 Å². The van der Waals surface area contributed by atoms with Gasteiger partial charge in [-0.15, -0.1) is 0 Å². The summed E-state index contributed by atoms with van der Waals surface area (Å²) in [6, 6.07) is 1.85. The van der Waals surface area contributed by atoms with Gasteiger partial charge in [0.15, 0.2) is 0 Å². The van der Waals surface area contributed by atoms with E-state index in [0.717, 1.165) is 43.2 Å². The van der Waals surface area contributed by atoms with Crippen molar-refractivity contribution in [1.82, 2.24) is 14.9 Å². The molecule has 8 heteroatoms. The molecule has 1 aliphatic carbocycles. The molecule has 4 rings (SSSR count). The standard InChI is InChI=1S/C22H29ClN6O/c1-15-11-20(28-21(24-2)27-15)30-14-18-12-17(18)4-3-16-6-9-29(10-7-16)22-25-8-5-19(23)13-26-22/h5,11,13,16-18H,2-4,6-10,12,14H2,1H3. The molecule has 3 aliphatic rings. The van der Waals surface area contributed by atoms with Gasteiger partial charge in [0.05, 0.1) is 18.2 Å². The zero-order valence-electron chi connectivity index (χ0n) is 17.5. The number of aromatic nitrogens is 2. The highest BCUT2D eigenvalue weighted by Crippen LogP contribution is 2.43. The number of allylic oxidation sites excluding steroid dienone is 1. The van der Waals surface area contributed by atoms with E-state index in [-0.39, 0.29) is 0 Å². The van der Waals surface area contributed by atoms with Crippen LogP contribution < -0.4 is 4.74 Å². The number of rotatable bonds is 7. The maximum atomic E-state index is 6.01. The summed E-state index contributed by atoms with van der Waals surface area (Å²) in [5.74, 6) is 4.03. The molecule has 1 saturated heterocycles. The Morgan fingerprint density at radius 2 is 2.07 bits per heavy atom. The smallest absolute Gasteiger partial charge is 0.252 e. The van der Waals surface area contributed by atoms with E-state index >= 15 is 0 Å². The van der Waals surface area contributed by atoms with Crippen LogP contribution in [0.15, 0.2) is 32.2 Å². The lowest BCUT2D eigenvalue weighted by Gasteiger charge is -2.32. The molecular weight excluding hydrogens is 400 g/mol. The number of aliphatic imine (C=N–C) groups is 3. The van der Waals surface area contributed by atoms with Crippen molar-refractivity contribution in [2.75, 3.05) is 26.2 Å². The second kappa shape index (κ2) is 9.69. The van der Waals surface area contributed by atoms with Crippen molar-refractivity contribution in [2.45, 2.75) is 39.0 Å². The number of aryl methyl sites for hydroxylation is 1. The molecule has 2 atom stereocenters. The topological polar surface area (TPSA) is 75.3 Å². The fraction of sp³-hybridized carbons (Fsp3) is 0.591. The molecule has 1 aromatic rings. The van der Waals surface area contributed by atoms with Gasteiger partial charge in [-0.3, -0.25) is 0 Å². The van der Waals surface area contributed by atoms with Crippen molar-refractivity contribution >= 4 is 36.4 Å². The maximum absolute atomic E-state index is 6.01. The minimum absolute atomic E-state index is 0.378. The van der Waals surface area contributed by atoms with Crippen molar-refractivity contribution in [2.24, 2.45) is 32.7 Å². The largest absolute Gasteiger partial charge is 0.477 e. The fourth-order valence-corrected chi connectivity index (χ4v) is 4.33. The summed E-state index contributed by atoms with van der Waals surface area (Å²) >= 11 is 6.01. The Morgan fingerprint density at radius 1 is 1.23 bits per heavy atom. The first kappa shape index (κ1) is 21.0. The molecule has 7 nitrogen and oxygen atoms in total. The first-order valence-electron chi connectivity index (χ1n) is 10.7. The van der Waals surface area contributed by atoms with Gasteiger partial charge in [-0.1, -0.05) is 18.0 Å². The average molecular weight is 429 g/mol. The third kappa shape index (κ3) is 5.65. The van der Waals surface area contributed by atoms with Crippen LogP contribution in [0.3, 0.4) is 0 Å². The number of likely N-dealkylation sites (tertiary alicyclic amines) is 1. The number of hydrogen-bond acceptors (Lipinski definition) is 7. The molecule has 0 radical (unpaired) electrons.